The Labute approximate surface area is 126 Å². The molecule has 1 heterocycles. The first-order chi connectivity index (χ1) is 9.27. The highest BCUT2D eigenvalue weighted by Gasteiger charge is 2.09. The molecule has 1 aliphatic rings. The van der Waals surface area contributed by atoms with Crippen LogP contribution < -0.4 is 10.6 Å². The SMILES string of the molecule is C/C=C1/NCC(=S)NC/C1=C/CC.CC.CC.CC. The van der Waals surface area contributed by atoms with Gasteiger partial charge in [0.1, 0.15) is 0 Å². The third kappa shape index (κ3) is 12.0. The van der Waals surface area contributed by atoms with E-state index in [9.17, 15) is 0 Å². The average Bonchev–Trinajstić information content (AvgIpc) is 2.68. The van der Waals surface area contributed by atoms with Crippen LogP contribution in [0.1, 0.15) is 61.8 Å². The Morgan fingerprint density at radius 2 is 1.53 bits per heavy atom. The molecule has 114 valence electrons. The molecule has 2 N–H and O–H groups in total. The van der Waals surface area contributed by atoms with Crippen LogP contribution in [-0.4, -0.2) is 18.1 Å². The lowest BCUT2D eigenvalue weighted by Crippen LogP contribution is -2.26. The van der Waals surface area contributed by atoms with Gasteiger partial charge in [0.05, 0.1) is 11.5 Å². The molecule has 0 amide bonds. The van der Waals surface area contributed by atoms with Crippen molar-refractivity contribution in [1.29, 1.82) is 0 Å². The van der Waals surface area contributed by atoms with Crippen molar-refractivity contribution in [3.8, 4) is 0 Å². The second-order valence-corrected chi connectivity index (χ2v) is 3.46. The summed E-state index contributed by atoms with van der Waals surface area (Å²) in [7, 11) is 0. The predicted octanol–water partition coefficient (Wildman–Crippen LogP) is 4.83. The molecular formula is C16H34N2S. The van der Waals surface area contributed by atoms with Gasteiger partial charge in [-0.1, -0.05) is 72.8 Å². The van der Waals surface area contributed by atoms with Crippen molar-refractivity contribution < 1.29 is 0 Å². The molecule has 1 fully saturated rings. The molecule has 0 aromatic heterocycles. The lowest BCUT2D eigenvalue weighted by atomic mass is 10.1. The Morgan fingerprint density at radius 1 is 1.00 bits per heavy atom. The number of hydrogen-bond donors (Lipinski definition) is 2. The molecule has 0 aromatic rings. The fourth-order valence-electron chi connectivity index (χ4n) is 1.36. The van der Waals surface area contributed by atoms with Gasteiger partial charge < -0.3 is 10.6 Å². The van der Waals surface area contributed by atoms with E-state index in [4.69, 9.17) is 12.2 Å². The molecule has 0 unspecified atom stereocenters. The van der Waals surface area contributed by atoms with Crippen LogP contribution >= 0.6 is 12.2 Å². The summed E-state index contributed by atoms with van der Waals surface area (Å²) in [6.45, 7) is 17.8. The normalized spacial score (nSPS) is 17.4. The summed E-state index contributed by atoms with van der Waals surface area (Å²) in [4.78, 5) is 0.888. The first-order valence-corrected chi connectivity index (χ1v) is 8.05. The van der Waals surface area contributed by atoms with Gasteiger partial charge in [0.25, 0.3) is 0 Å². The zero-order chi connectivity index (χ0) is 15.7. The van der Waals surface area contributed by atoms with Crippen molar-refractivity contribution in [2.24, 2.45) is 0 Å². The Morgan fingerprint density at radius 3 is 1.95 bits per heavy atom. The van der Waals surface area contributed by atoms with Gasteiger partial charge in [-0.2, -0.15) is 0 Å². The zero-order valence-corrected chi connectivity index (χ0v) is 15.0. The van der Waals surface area contributed by atoms with Crippen LogP contribution in [0.4, 0.5) is 0 Å². The number of nitrogens with one attached hydrogen (secondary N) is 2. The van der Waals surface area contributed by atoms with Gasteiger partial charge in [-0.25, -0.2) is 0 Å². The molecule has 3 heteroatoms. The highest BCUT2D eigenvalue weighted by Crippen LogP contribution is 2.09. The number of allylic oxidation sites excluding steroid dienone is 2. The maximum Gasteiger partial charge on any atom is 0.0950 e. The summed E-state index contributed by atoms with van der Waals surface area (Å²) in [6, 6.07) is 0. The molecule has 0 bridgehead atoms. The largest absolute Gasteiger partial charge is 0.379 e. The first-order valence-electron chi connectivity index (χ1n) is 7.64. The molecule has 0 atom stereocenters. The fourth-order valence-corrected chi connectivity index (χ4v) is 1.50. The van der Waals surface area contributed by atoms with Crippen LogP contribution in [0.5, 0.6) is 0 Å². The van der Waals surface area contributed by atoms with E-state index in [2.05, 4.69) is 29.7 Å². The van der Waals surface area contributed by atoms with E-state index in [1.807, 2.05) is 48.5 Å². The van der Waals surface area contributed by atoms with Crippen LogP contribution in [-0.2, 0) is 0 Å². The van der Waals surface area contributed by atoms with Gasteiger partial charge in [-0.05, 0) is 18.9 Å². The Balaban J connectivity index is -0.000000375. The number of thiocarbonyl (C=S) groups is 1. The Bertz CT molecular complexity index is 255. The minimum atomic E-state index is 0.746. The van der Waals surface area contributed by atoms with Crippen LogP contribution in [0.25, 0.3) is 0 Å². The molecule has 0 saturated carbocycles. The van der Waals surface area contributed by atoms with Crippen LogP contribution in [0, 0.1) is 0 Å². The lowest BCUT2D eigenvalue weighted by Gasteiger charge is -2.07. The Hall–Kier alpha value is -0.830. The van der Waals surface area contributed by atoms with E-state index in [-0.39, 0.29) is 0 Å². The molecule has 1 rings (SSSR count). The predicted molar refractivity (Wildman–Crippen MR) is 94.8 cm³/mol. The third-order valence-electron chi connectivity index (χ3n) is 2.00. The minimum absolute atomic E-state index is 0.746. The van der Waals surface area contributed by atoms with Gasteiger partial charge in [0.2, 0.25) is 0 Å². The van der Waals surface area contributed by atoms with Crippen molar-refractivity contribution in [3.63, 3.8) is 0 Å². The van der Waals surface area contributed by atoms with Crippen LogP contribution in [0.3, 0.4) is 0 Å². The number of hydrogen-bond acceptors (Lipinski definition) is 2. The maximum atomic E-state index is 5.10. The smallest absolute Gasteiger partial charge is 0.0950 e. The van der Waals surface area contributed by atoms with E-state index in [0.29, 0.717) is 0 Å². The molecule has 0 aliphatic carbocycles. The fraction of sp³-hybridized carbons (Fsp3) is 0.688. The van der Waals surface area contributed by atoms with Gasteiger partial charge in [-0.15, -0.1) is 0 Å². The van der Waals surface area contributed by atoms with Crippen molar-refractivity contribution >= 4 is 17.2 Å². The van der Waals surface area contributed by atoms with E-state index in [0.717, 1.165) is 24.5 Å². The zero-order valence-electron chi connectivity index (χ0n) is 14.2. The standard InChI is InChI=1S/C10H16N2S.3C2H6/c1-3-5-8-6-12-10(13)7-11-9(8)4-2;3*1-2/h4-5,11H,3,6-7H2,1-2H3,(H,12,13);3*1-2H3/b8-5-,9-4+;;;. The second kappa shape index (κ2) is 19.5. The molecule has 1 saturated heterocycles. The van der Waals surface area contributed by atoms with E-state index >= 15 is 0 Å². The van der Waals surface area contributed by atoms with Crippen LogP contribution in [0.15, 0.2) is 23.4 Å². The van der Waals surface area contributed by atoms with E-state index in [1.54, 1.807) is 0 Å². The van der Waals surface area contributed by atoms with Gasteiger partial charge in [0, 0.05) is 12.2 Å². The maximum absolute atomic E-state index is 5.10. The monoisotopic (exact) mass is 286 g/mol. The van der Waals surface area contributed by atoms with E-state index < -0.39 is 0 Å². The van der Waals surface area contributed by atoms with Crippen molar-refractivity contribution in [2.45, 2.75) is 61.8 Å². The Kier molecular flexibility index (Phi) is 23.9. The lowest BCUT2D eigenvalue weighted by molar-refractivity contribution is 0.943. The molecule has 2 nitrogen and oxygen atoms in total. The summed E-state index contributed by atoms with van der Waals surface area (Å²) in [5.74, 6) is 0. The average molecular weight is 287 g/mol. The molecule has 1 aliphatic heterocycles. The second-order valence-electron chi connectivity index (χ2n) is 2.97. The summed E-state index contributed by atoms with van der Waals surface area (Å²) >= 11 is 5.10. The molecular weight excluding hydrogens is 252 g/mol. The molecule has 0 spiro atoms. The topological polar surface area (TPSA) is 24.1 Å². The van der Waals surface area contributed by atoms with Gasteiger partial charge >= 0.3 is 0 Å². The quantitative estimate of drug-likeness (QED) is 0.675. The highest BCUT2D eigenvalue weighted by atomic mass is 32.1. The highest BCUT2D eigenvalue weighted by molar-refractivity contribution is 7.80. The first kappa shape index (κ1) is 23.3. The van der Waals surface area contributed by atoms with Crippen molar-refractivity contribution in [3.05, 3.63) is 23.4 Å². The molecule has 19 heavy (non-hydrogen) atoms. The van der Waals surface area contributed by atoms with Crippen LogP contribution in [0.2, 0.25) is 0 Å². The van der Waals surface area contributed by atoms with Gasteiger partial charge in [0.15, 0.2) is 0 Å². The van der Waals surface area contributed by atoms with Crippen molar-refractivity contribution in [1.82, 2.24) is 10.6 Å². The summed E-state index contributed by atoms with van der Waals surface area (Å²) in [5.41, 5.74) is 2.51. The van der Waals surface area contributed by atoms with Gasteiger partial charge in [-0.3, -0.25) is 0 Å². The summed E-state index contributed by atoms with van der Waals surface area (Å²) in [5, 5.41) is 6.51. The van der Waals surface area contributed by atoms with E-state index in [1.165, 1.54) is 11.3 Å². The third-order valence-corrected chi connectivity index (χ3v) is 2.29. The molecule has 0 radical (unpaired) electrons. The number of rotatable bonds is 1. The summed E-state index contributed by atoms with van der Waals surface area (Å²) < 4.78 is 0. The molecule has 0 aromatic carbocycles. The summed E-state index contributed by atoms with van der Waals surface area (Å²) in [6.07, 6.45) is 5.38. The van der Waals surface area contributed by atoms with Crippen molar-refractivity contribution in [2.75, 3.05) is 13.1 Å². The minimum Gasteiger partial charge on any atom is -0.379 e.